The minimum absolute atomic E-state index is 0.0450. The summed E-state index contributed by atoms with van der Waals surface area (Å²) in [4.78, 5) is 13.0. The lowest BCUT2D eigenvalue weighted by molar-refractivity contribution is -0.117. The zero-order valence-corrected chi connectivity index (χ0v) is 11.1. The van der Waals surface area contributed by atoms with Gasteiger partial charge < -0.3 is 4.90 Å². The average Bonchev–Trinajstić information content (AvgIpc) is 2.51. The molecule has 0 spiro atoms. The Kier molecular flexibility index (Phi) is 3.39. The van der Waals surface area contributed by atoms with Crippen LogP contribution in [0, 0.1) is 15.2 Å². The molecule has 0 radical (unpaired) electrons. The van der Waals surface area contributed by atoms with E-state index < -0.39 is 11.6 Å². The number of halogens is 3. The standard InChI is InChI=1S/C10H8F2INOS/c11-6-2-8(13)9(3-7(6)12)14-4-5(16)1-10(14)15/h2-3,5,16H,1,4H2. The third-order valence-electron chi connectivity index (χ3n) is 2.39. The number of rotatable bonds is 1. The second-order valence-electron chi connectivity index (χ2n) is 3.58. The van der Waals surface area contributed by atoms with Crippen LogP contribution in [0.1, 0.15) is 6.42 Å². The number of amides is 1. The van der Waals surface area contributed by atoms with Crippen LogP contribution in [-0.2, 0) is 4.79 Å². The van der Waals surface area contributed by atoms with E-state index in [-0.39, 0.29) is 11.2 Å². The van der Waals surface area contributed by atoms with E-state index in [9.17, 15) is 13.6 Å². The van der Waals surface area contributed by atoms with Crippen molar-refractivity contribution in [2.24, 2.45) is 0 Å². The van der Waals surface area contributed by atoms with Crippen molar-refractivity contribution < 1.29 is 13.6 Å². The fraction of sp³-hybridized carbons (Fsp3) is 0.300. The SMILES string of the molecule is O=C1CC(S)CN1c1cc(F)c(F)cc1I. The summed E-state index contributed by atoms with van der Waals surface area (Å²) in [5.41, 5.74) is 0.418. The zero-order chi connectivity index (χ0) is 11.9. The summed E-state index contributed by atoms with van der Waals surface area (Å²) in [6, 6.07) is 2.14. The minimum atomic E-state index is -0.939. The van der Waals surface area contributed by atoms with Crippen LogP contribution in [-0.4, -0.2) is 17.7 Å². The minimum Gasteiger partial charge on any atom is -0.310 e. The van der Waals surface area contributed by atoms with Crippen LogP contribution in [0.4, 0.5) is 14.5 Å². The van der Waals surface area contributed by atoms with Gasteiger partial charge in [-0.25, -0.2) is 8.78 Å². The normalized spacial score (nSPS) is 20.6. The van der Waals surface area contributed by atoms with Gasteiger partial charge in [0, 0.05) is 27.9 Å². The van der Waals surface area contributed by atoms with Gasteiger partial charge in [0.1, 0.15) is 0 Å². The zero-order valence-electron chi connectivity index (χ0n) is 8.08. The number of hydrogen-bond acceptors (Lipinski definition) is 2. The topological polar surface area (TPSA) is 20.3 Å². The fourth-order valence-electron chi connectivity index (χ4n) is 1.64. The summed E-state index contributed by atoms with van der Waals surface area (Å²) in [5.74, 6) is -1.95. The van der Waals surface area contributed by atoms with Crippen LogP contribution >= 0.6 is 35.2 Å². The predicted octanol–water partition coefficient (Wildman–Crippen LogP) is 2.60. The number of benzene rings is 1. The van der Waals surface area contributed by atoms with Gasteiger partial charge in [0.15, 0.2) is 11.6 Å². The van der Waals surface area contributed by atoms with Gasteiger partial charge in [-0.3, -0.25) is 4.79 Å². The van der Waals surface area contributed by atoms with Crippen molar-refractivity contribution in [3.8, 4) is 0 Å². The van der Waals surface area contributed by atoms with Gasteiger partial charge in [0.2, 0.25) is 5.91 Å². The van der Waals surface area contributed by atoms with E-state index in [0.717, 1.165) is 12.1 Å². The first-order chi connectivity index (χ1) is 7.49. The van der Waals surface area contributed by atoms with Crippen molar-refractivity contribution in [2.45, 2.75) is 11.7 Å². The molecule has 1 heterocycles. The number of thiol groups is 1. The number of nitrogens with zero attached hydrogens (tertiary/aromatic N) is 1. The molecule has 1 aliphatic rings. The number of carbonyl (C=O) groups excluding carboxylic acids is 1. The molecule has 1 unspecified atom stereocenters. The number of hydrogen-bond donors (Lipinski definition) is 1. The van der Waals surface area contributed by atoms with Crippen molar-refractivity contribution in [1.82, 2.24) is 0 Å². The van der Waals surface area contributed by atoms with Gasteiger partial charge in [0.25, 0.3) is 0 Å². The highest BCUT2D eigenvalue weighted by Gasteiger charge is 2.30. The van der Waals surface area contributed by atoms with E-state index in [1.807, 2.05) is 22.6 Å². The van der Waals surface area contributed by atoms with Gasteiger partial charge in [-0.1, -0.05) is 0 Å². The maximum Gasteiger partial charge on any atom is 0.228 e. The van der Waals surface area contributed by atoms with Crippen LogP contribution in [0.25, 0.3) is 0 Å². The Bertz CT molecular complexity index is 455. The molecular weight excluding hydrogens is 347 g/mol. The molecule has 0 saturated carbocycles. The summed E-state index contributed by atoms with van der Waals surface area (Å²) in [5, 5.41) is -0.0450. The molecule has 0 aromatic heterocycles. The third kappa shape index (κ3) is 2.17. The molecule has 0 bridgehead atoms. The molecule has 1 amide bonds. The van der Waals surface area contributed by atoms with Crippen molar-refractivity contribution >= 4 is 46.8 Å². The fourth-order valence-corrected chi connectivity index (χ4v) is 2.68. The Morgan fingerprint density at radius 2 is 2.00 bits per heavy atom. The first kappa shape index (κ1) is 12.1. The lowest BCUT2D eigenvalue weighted by atomic mass is 10.3. The molecule has 1 aromatic rings. The maximum atomic E-state index is 13.1. The summed E-state index contributed by atoms with van der Waals surface area (Å²) in [6.45, 7) is 0.434. The highest BCUT2D eigenvalue weighted by atomic mass is 127. The maximum absolute atomic E-state index is 13.1. The lowest BCUT2D eigenvalue weighted by Gasteiger charge is -2.18. The highest BCUT2D eigenvalue weighted by molar-refractivity contribution is 14.1. The van der Waals surface area contributed by atoms with Crippen LogP contribution < -0.4 is 4.90 Å². The predicted molar refractivity (Wildman–Crippen MR) is 68.8 cm³/mol. The highest BCUT2D eigenvalue weighted by Crippen LogP contribution is 2.30. The van der Waals surface area contributed by atoms with E-state index in [4.69, 9.17) is 0 Å². The average molecular weight is 355 g/mol. The monoisotopic (exact) mass is 355 g/mol. The molecular formula is C10H8F2INOS. The van der Waals surface area contributed by atoms with E-state index in [2.05, 4.69) is 12.6 Å². The molecule has 2 rings (SSSR count). The van der Waals surface area contributed by atoms with Gasteiger partial charge in [0.05, 0.1) is 5.69 Å². The van der Waals surface area contributed by atoms with Gasteiger partial charge >= 0.3 is 0 Å². The molecule has 1 atom stereocenters. The van der Waals surface area contributed by atoms with Crippen molar-refractivity contribution in [3.63, 3.8) is 0 Å². The Labute approximate surface area is 111 Å². The molecule has 0 aliphatic carbocycles. The second kappa shape index (κ2) is 4.48. The summed E-state index contributed by atoms with van der Waals surface area (Å²) in [7, 11) is 0. The molecule has 1 saturated heterocycles. The molecule has 1 aromatic carbocycles. The molecule has 0 N–H and O–H groups in total. The molecule has 1 aliphatic heterocycles. The van der Waals surface area contributed by atoms with Crippen LogP contribution in [0.3, 0.4) is 0 Å². The molecule has 6 heteroatoms. The largest absolute Gasteiger partial charge is 0.310 e. The smallest absolute Gasteiger partial charge is 0.228 e. The summed E-state index contributed by atoms with van der Waals surface area (Å²) < 4.78 is 26.5. The van der Waals surface area contributed by atoms with E-state index >= 15 is 0 Å². The van der Waals surface area contributed by atoms with Crippen LogP contribution in [0.5, 0.6) is 0 Å². The quantitative estimate of drug-likeness (QED) is 0.467. The van der Waals surface area contributed by atoms with Crippen molar-refractivity contribution in [1.29, 1.82) is 0 Å². The van der Waals surface area contributed by atoms with Crippen molar-refractivity contribution in [2.75, 3.05) is 11.4 Å². The first-order valence-electron chi connectivity index (χ1n) is 4.62. The van der Waals surface area contributed by atoms with E-state index in [1.54, 1.807) is 0 Å². The number of carbonyl (C=O) groups is 1. The number of anilines is 1. The van der Waals surface area contributed by atoms with E-state index in [0.29, 0.717) is 22.2 Å². The molecule has 2 nitrogen and oxygen atoms in total. The Hall–Kier alpha value is -0.370. The second-order valence-corrected chi connectivity index (χ2v) is 5.47. The van der Waals surface area contributed by atoms with E-state index in [1.165, 1.54) is 4.90 Å². The molecule has 86 valence electrons. The van der Waals surface area contributed by atoms with Gasteiger partial charge in [-0.05, 0) is 28.7 Å². The summed E-state index contributed by atoms with van der Waals surface area (Å²) >= 11 is 6.09. The Morgan fingerprint density at radius 3 is 2.56 bits per heavy atom. The third-order valence-corrected chi connectivity index (χ3v) is 3.60. The molecule has 16 heavy (non-hydrogen) atoms. The molecule has 1 fully saturated rings. The Balaban J connectivity index is 2.41. The first-order valence-corrected chi connectivity index (χ1v) is 6.21. The van der Waals surface area contributed by atoms with Gasteiger partial charge in [-0.2, -0.15) is 12.6 Å². The van der Waals surface area contributed by atoms with Gasteiger partial charge in [-0.15, -0.1) is 0 Å². The van der Waals surface area contributed by atoms with Crippen LogP contribution in [0.15, 0.2) is 12.1 Å². The Morgan fingerprint density at radius 1 is 1.38 bits per heavy atom. The van der Waals surface area contributed by atoms with Crippen LogP contribution in [0.2, 0.25) is 0 Å². The lowest BCUT2D eigenvalue weighted by Crippen LogP contribution is -2.25. The van der Waals surface area contributed by atoms with Crippen molar-refractivity contribution in [3.05, 3.63) is 27.3 Å². The summed E-state index contributed by atoms with van der Waals surface area (Å²) in [6.07, 6.45) is 0.332.